The third kappa shape index (κ3) is 4.33. The van der Waals surface area contributed by atoms with E-state index in [-0.39, 0.29) is 30.3 Å². The molecule has 4 rings (SSSR count). The highest BCUT2D eigenvalue weighted by atomic mass is 16.2. The highest BCUT2D eigenvalue weighted by Gasteiger charge is 2.25. The Kier molecular flexibility index (Phi) is 6.18. The van der Waals surface area contributed by atoms with Crippen LogP contribution < -0.4 is 21.9 Å². The lowest BCUT2D eigenvalue weighted by Gasteiger charge is -2.35. The van der Waals surface area contributed by atoms with Crippen LogP contribution in [0.1, 0.15) is 15.9 Å². The first-order chi connectivity index (χ1) is 15.5. The SMILES string of the molecule is Cn1c(=O)c(C(=O)CN2CCN(c3ccccn3)CC2)c(N)n(Cc2ccccc2)c1=O. The molecule has 3 heterocycles. The number of benzene rings is 1. The number of nitrogens with zero attached hydrogens (tertiary/aromatic N) is 5. The first kappa shape index (κ1) is 21.5. The van der Waals surface area contributed by atoms with Crippen LogP contribution in [0.15, 0.2) is 64.3 Å². The van der Waals surface area contributed by atoms with Crippen LogP contribution in [0.2, 0.25) is 0 Å². The van der Waals surface area contributed by atoms with Gasteiger partial charge in [0.2, 0.25) is 0 Å². The molecule has 1 aliphatic rings. The van der Waals surface area contributed by atoms with E-state index in [0.717, 1.165) is 29.0 Å². The van der Waals surface area contributed by atoms with E-state index in [4.69, 9.17) is 5.73 Å². The number of piperazine rings is 1. The molecule has 166 valence electrons. The Morgan fingerprint density at radius 1 is 1.00 bits per heavy atom. The third-order valence-electron chi connectivity index (χ3n) is 5.76. The molecule has 0 saturated carbocycles. The van der Waals surface area contributed by atoms with Gasteiger partial charge in [-0.2, -0.15) is 0 Å². The van der Waals surface area contributed by atoms with E-state index in [1.165, 1.54) is 11.6 Å². The molecule has 0 aliphatic carbocycles. The summed E-state index contributed by atoms with van der Waals surface area (Å²) in [5, 5.41) is 0. The molecular weight excluding hydrogens is 408 g/mol. The minimum atomic E-state index is -0.658. The van der Waals surface area contributed by atoms with Gasteiger partial charge in [0.25, 0.3) is 5.56 Å². The fourth-order valence-electron chi connectivity index (χ4n) is 3.92. The smallest absolute Gasteiger partial charge is 0.332 e. The van der Waals surface area contributed by atoms with Crippen molar-refractivity contribution >= 4 is 17.4 Å². The van der Waals surface area contributed by atoms with Crippen LogP contribution in [-0.2, 0) is 13.6 Å². The monoisotopic (exact) mass is 434 g/mol. The number of rotatable bonds is 6. The van der Waals surface area contributed by atoms with Crippen molar-refractivity contribution in [2.45, 2.75) is 6.54 Å². The van der Waals surface area contributed by atoms with Crippen LogP contribution in [-0.4, -0.2) is 57.5 Å². The summed E-state index contributed by atoms with van der Waals surface area (Å²) < 4.78 is 2.23. The molecule has 0 radical (unpaired) electrons. The fraction of sp³-hybridized carbons (Fsp3) is 0.304. The Hall–Kier alpha value is -3.72. The Bertz CT molecular complexity index is 1210. The lowest BCUT2D eigenvalue weighted by atomic mass is 10.1. The van der Waals surface area contributed by atoms with Gasteiger partial charge in [0.1, 0.15) is 17.2 Å². The Labute approximate surface area is 185 Å². The van der Waals surface area contributed by atoms with Gasteiger partial charge in [-0.15, -0.1) is 0 Å². The second-order valence-corrected chi connectivity index (χ2v) is 7.85. The predicted octanol–water partition coefficient (Wildman–Crippen LogP) is 0.577. The maximum atomic E-state index is 13.1. The molecule has 2 aromatic heterocycles. The zero-order valence-corrected chi connectivity index (χ0v) is 18.0. The molecule has 9 heteroatoms. The number of hydrogen-bond acceptors (Lipinski definition) is 7. The highest BCUT2D eigenvalue weighted by molar-refractivity contribution is 6.01. The average Bonchev–Trinajstić information content (AvgIpc) is 2.82. The molecule has 1 fully saturated rings. The summed E-state index contributed by atoms with van der Waals surface area (Å²) in [5.41, 5.74) is 5.72. The number of carbonyl (C=O) groups excluding carboxylic acids is 1. The summed E-state index contributed by atoms with van der Waals surface area (Å²) >= 11 is 0. The molecule has 0 spiro atoms. The van der Waals surface area contributed by atoms with E-state index in [2.05, 4.69) is 9.88 Å². The van der Waals surface area contributed by atoms with Gasteiger partial charge in [0.15, 0.2) is 5.78 Å². The van der Waals surface area contributed by atoms with Crippen LogP contribution in [0, 0.1) is 0 Å². The molecule has 1 aromatic carbocycles. The van der Waals surface area contributed by atoms with Crippen LogP contribution in [0.4, 0.5) is 11.6 Å². The van der Waals surface area contributed by atoms with E-state index in [1.54, 1.807) is 6.20 Å². The Morgan fingerprint density at radius 3 is 2.34 bits per heavy atom. The minimum Gasteiger partial charge on any atom is -0.384 e. The molecule has 0 bridgehead atoms. The van der Waals surface area contributed by atoms with Crippen LogP contribution in [0.5, 0.6) is 0 Å². The zero-order chi connectivity index (χ0) is 22.7. The van der Waals surface area contributed by atoms with E-state index < -0.39 is 11.2 Å². The topological polar surface area (TPSA) is 106 Å². The molecule has 9 nitrogen and oxygen atoms in total. The number of anilines is 2. The van der Waals surface area contributed by atoms with Crippen molar-refractivity contribution in [3.8, 4) is 0 Å². The maximum Gasteiger partial charge on any atom is 0.332 e. The number of ketones is 1. The maximum absolute atomic E-state index is 13.1. The summed E-state index contributed by atoms with van der Waals surface area (Å²) in [6, 6.07) is 15.1. The summed E-state index contributed by atoms with van der Waals surface area (Å²) in [7, 11) is 1.37. The first-order valence-electron chi connectivity index (χ1n) is 10.5. The zero-order valence-electron chi connectivity index (χ0n) is 18.0. The number of nitrogen functional groups attached to an aromatic ring is 1. The van der Waals surface area contributed by atoms with Crippen LogP contribution in [0.25, 0.3) is 0 Å². The summed E-state index contributed by atoms with van der Waals surface area (Å²) in [5.74, 6) is 0.444. The fourth-order valence-corrected chi connectivity index (χ4v) is 3.92. The third-order valence-corrected chi connectivity index (χ3v) is 5.76. The van der Waals surface area contributed by atoms with Gasteiger partial charge in [0, 0.05) is 39.4 Å². The lowest BCUT2D eigenvalue weighted by Crippen LogP contribution is -2.49. The van der Waals surface area contributed by atoms with Crippen LogP contribution in [0.3, 0.4) is 0 Å². The number of carbonyl (C=O) groups is 1. The number of Topliss-reactive ketones (excluding diaryl/α,β-unsaturated/α-hetero) is 1. The minimum absolute atomic E-state index is 0.0685. The number of nitrogens with two attached hydrogens (primary N) is 1. The number of aromatic nitrogens is 3. The van der Waals surface area contributed by atoms with Crippen molar-refractivity contribution in [2.24, 2.45) is 7.05 Å². The molecular formula is C23H26N6O3. The molecule has 0 unspecified atom stereocenters. The van der Waals surface area contributed by atoms with Gasteiger partial charge in [0.05, 0.1) is 13.1 Å². The van der Waals surface area contributed by atoms with Crippen molar-refractivity contribution in [1.82, 2.24) is 19.0 Å². The normalized spacial score (nSPS) is 14.5. The van der Waals surface area contributed by atoms with Crippen LogP contribution >= 0.6 is 0 Å². The quantitative estimate of drug-likeness (QED) is 0.566. The van der Waals surface area contributed by atoms with E-state index in [1.807, 2.05) is 53.4 Å². The number of pyridine rings is 1. The van der Waals surface area contributed by atoms with Crippen molar-refractivity contribution in [3.63, 3.8) is 0 Å². The molecule has 0 amide bonds. The van der Waals surface area contributed by atoms with Gasteiger partial charge in [-0.3, -0.25) is 23.6 Å². The van der Waals surface area contributed by atoms with Gasteiger partial charge in [-0.25, -0.2) is 9.78 Å². The molecule has 3 aromatic rings. The average molecular weight is 435 g/mol. The molecule has 2 N–H and O–H groups in total. The number of hydrogen-bond donors (Lipinski definition) is 1. The summed E-state index contributed by atoms with van der Waals surface area (Å²) in [4.78, 5) is 47.0. The Balaban J connectivity index is 1.52. The second kappa shape index (κ2) is 9.19. The second-order valence-electron chi connectivity index (χ2n) is 7.85. The summed E-state index contributed by atoms with van der Waals surface area (Å²) in [6.07, 6.45) is 1.76. The van der Waals surface area contributed by atoms with Crippen molar-refractivity contribution in [2.75, 3.05) is 43.4 Å². The standard InChI is InChI=1S/C23H26N6O3/c1-26-22(31)20(21(24)29(23(26)32)15-17-7-3-2-4-8-17)18(30)16-27-11-13-28(14-12-27)19-9-5-6-10-25-19/h2-10H,11-16,24H2,1H3. The van der Waals surface area contributed by atoms with Gasteiger partial charge in [-0.05, 0) is 17.7 Å². The van der Waals surface area contributed by atoms with Gasteiger partial charge in [-0.1, -0.05) is 36.4 Å². The van der Waals surface area contributed by atoms with Crippen molar-refractivity contribution in [1.29, 1.82) is 0 Å². The van der Waals surface area contributed by atoms with E-state index in [9.17, 15) is 14.4 Å². The van der Waals surface area contributed by atoms with E-state index >= 15 is 0 Å². The molecule has 0 atom stereocenters. The highest BCUT2D eigenvalue weighted by Crippen LogP contribution is 2.14. The predicted molar refractivity (Wildman–Crippen MR) is 123 cm³/mol. The lowest BCUT2D eigenvalue weighted by molar-refractivity contribution is 0.0924. The van der Waals surface area contributed by atoms with Crippen molar-refractivity contribution in [3.05, 3.63) is 86.7 Å². The first-order valence-corrected chi connectivity index (χ1v) is 10.5. The molecule has 1 saturated heterocycles. The largest absolute Gasteiger partial charge is 0.384 e. The Morgan fingerprint density at radius 2 is 1.69 bits per heavy atom. The van der Waals surface area contributed by atoms with Gasteiger partial charge < -0.3 is 10.6 Å². The van der Waals surface area contributed by atoms with Gasteiger partial charge >= 0.3 is 5.69 Å². The van der Waals surface area contributed by atoms with E-state index in [0.29, 0.717) is 13.1 Å². The summed E-state index contributed by atoms with van der Waals surface area (Å²) in [6.45, 7) is 3.02. The molecule has 1 aliphatic heterocycles. The molecule has 32 heavy (non-hydrogen) atoms. The van der Waals surface area contributed by atoms with Crippen molar-refractivity contribution < 1.29 is 4.79 Å².